The quantitative estimate of drug-likeness (QED) is 0.692. The molecule has 1 saturated heterocycles. The van der Waals surface area contributed by atoms with E-state index in [4.69, 9.17) is 4.74 Å². The number of ether oxygens (including phenoxy) is 1. The van der Waals surface area contributed by atoms with Crippen LogP contribution in [-0.2, 0) is 0 Å². The highest BCUT2D eigenvalue weighted by atomic mass is 16.5. The molecular formula is C22H22N4O2. The lowest BCUT2D eigenvalue weighted by Gasteiger charge is -2.36. The molecule has 3 aromatic rings. The average molecular weight is 374 g/mol. The van der Waals surface area contributed by atoms with Crippen LogP contribution in [0.1, 0.15) is 41.2 Å². The van der Waals surface area contributed by atoms with Gasteiger partial charge in [-0.3, -0.25) is 9.78 Å². The van der Waals surface area contributed by atoms with Crippen molar-refractivity contribution in [1.29, 1.82) is 0 Å². The Morgan fingerprint density at radius 3 is 2.79 bits per heavy atom. The molecule has 0 spiro atoms. The maximum Gasteiger partial charge on any atom is 0.254 e. The molecule has 0 saturated carbocycles. The van der Waals surface area contributed by atoms with Crippen LogP contribution in [0.5, 0.6) is 5.88 Å². The molecule has 142 valence electrons. The van der Waals surface area contributed by atoms with Gasteiger partial charge in [0.2, 0.25) is 5.88 Å². The molecule has 3 heterocycles. The number of amides is 1. The number of methoxy groups -OCH3 is 1. The van der Waals surface area contributed by atoms with E-state index in [0.717, 1.165) is 36.9 Å². The van der Waals surface area contributed by atoms with Crippen LogP contribution in [-0.4, -0.2) is 39.6 Å². The second kappa shape index (κ2) is 8.17. The fraction of sp³-hybridized carbons (Fsp3) is 0.273. The van der Waals surface area contributed by atoms with Crippen LogP contribution in [0.15, 0.2) is 60.9 Å². The molecule has 0 aliphatic carbocycles. The Morgan fingerprint density at radius 2 is 2.04 bits per heavy atom. The second-order valence-electron chi connectivity index (χ2n) is 6.84. The molecule has 1 aliphatic rings. The lowest BCUT2D eigenvalue weighted by molar-refractivity contribution is 0.0611. The molecular weight excluding hydrogens is 352 g/mol. The van der Waals surface area contributed by atoms with Gasteiger partial charge in [0.1, 0.15) is 0 Å². The summed E-state index contributed by atoms with van der Waals surface area (Å²) in [5.41, 5.74) is 3.31. The Kier molecular flexibility index (Phi) is 5.28. The number of carbonyl (C=O) groups is 1. The van der Waals surface area contributed by atoms with Crippen LogP contribution in [0.2, 0.25) is 0 Å². The van der Waals surface area contributed by atoms with E-state index >= 15 is 0 Å². The van der Waals surface area contributed by atoms with Crippen LogP contribution in [0.3, 0.4) is 0 Å². The first-order valence-electron chi connectivity index (χ1n) is 9.45. The summed E-state index contributed by atoms with van der Waals surface area (Å²) >= 11 is 0. The predicted octanol–water partition coefficient (Wildman–Crippen LogP) is 3.91. The molecule has 4 rings (SSSR count). The number of likely N-dealkylation sites (tertiary alicyclic amines) is 1. The van der Waals surface area contributed by atoms with Crippen LogP contribution >= 0.6 is 0 Å². The van der Waals surface area contributed by atoms with Crippen molar-refractivity contribution in [1.82, 2.24) is 20.1 Å². The molecule has 1 atom stereocenters. The van der Waals surface area contributed by atoms with Gasteiger partial charge >= 0.3 is 0 Å². The van der Waals surface area contributed by atoms with E-state index in [1.54, 1.807) is 19.4 Å². The standard InChI is InChI=1S/C22H22N4O2/c1-28-21-11-10-19(24-25-21)16-6-4-7-17(14-16)22(27)26-13-3-2-9-20(26)18-8-5-12-23-15-18/h4-8,10-12,14-15,20H,2-3,9,13H2,1H3/t20-/m0/s1. The summed E-state index contributed by atoms with van der Waals surface area (Å²) in [6, 6.07) is 15.2. The lowest BCUT2D eigenvalue weighted by Crippen LogP contribution is -2.38. The van der Waals surface area contributed by atoms with E-state index in [-0.39, 0.29) is 11.9 Å². The molecule has 6 heteroatoms. The smallest absolute Gasteiger partial charge is 0.254 e. The minimum atomic E-state index is 0.0388. The highest BCUT2D eigenvalue weighted by Gasteiger charge is 2.29. The van der Waals surface area contributed by atoms with Crippen molar-refractivity contribution in [2.75, 3.05) is 13.7 Å². The van der Waals surface area contributed by atoms with E-state index in [1.165, 1.54) is 0 Å². The van der Waals surface area contributed by atoms with Crippen molar-refractivity contribution >= 4 is 5.91 Å². The van der Waals surface area contributed by atoms with E-state index < -0.39 is 0 Å². The minimum absolute atomic E-state index is 0.0388. The summed E-state index contributed by atoms with van der Waals surface area (Å²) in [7, 11) is 1.56. The zero-order chi connectivity index (χ0) is 19.3. The van der Waals surface area contributed by atoms with Crippen molar-refractivity contribution in [2.45, 2.75) is 25.3 Å². The monoisotopic (exact) mass is 374 g/mol. The number of carbonyl (C=O) groups excluding carboxylic acids is 1. The minimum Gasteiger partial charge on any atom is -0.480 e. The van der Waals surface area contributed by atoms with E-state index in [2.05, 4.69) is 15.2 Å². The van der Waals surface area contributed by atoms with Crippen LogP contribution < -0.4 is 4.74 Å². The third kappa shape index (κ3) is 3.71. The summed E-state index contributed by atoms with van der Waals surface area (Å²) < 4.78 is 5.06. The summed E-state index contributed by atoms with van der Waals surface area (Å²) in [6.07, 6.45) is 6.72. The molecule has 1 aliphatic heterocycles. The summed E-state index contributed by atoms with van der Waals surface area (Å²) in [6.45, 7) is 0.755. The van der Waals surface area contributed by atoms with Crippen molar-refractivity contribution in [3.8, 4) is 17.1 Å². The van der Waals surface area contributed by atoms with Gasteiger partial charge < -0.3 is 9.64 Å². The fourth-order valence-corrected chi connectivity index (χ4v) is 3.65. The van der Waals surface area contributed by atoms with Crippen molar-refractivity contribution in [3.05, 3.63) is 72.1 Å². The molecule has 6 nitrogen and oxygen atoms in total. The third-order valence-corrected chi connectivity index (χ3v) is 5.09. The highest BCUT2D eigenvalue weighted by Crippen LogP contribution is 2.32. The third-order valence-electron chi connectivity index (χ3n) is 5.09. The van der Waals surface area contributed by atoms with Gasteiger partial charge in [-0.1, -0.05) is 18.2 Å². The number of rotatable bonds is 4. The van der Waals surface area contributed by atoms with E-state index in [9.17, 15) is 4.79 Å². The molecule has 0 bridgehead atoms. The van der Waals surface area contributed by atoms with Gasteiger partial charge in [0, 0.05) is 36.1 Å². The average Bonchev–Trinajstić information content (AvgIpc) is 2.79. The van der Waals surface area contributed by atoms with Crippen LogP contribution in [0, 0.1) is 0 Å². The molecule has 1 aromatic carbocycles. The fourth-order valence-electron chi connectivity index (χ4n) is 3.65. The topological polar surface area (TPSA) is 68.2 Å². The SMILES string of the molecule is COc1ccc(-c2cccc(C(=O)N3CCCC[C@H]3c3cccnc3)c2)nn1. The molecule has 1 amide bonds. The predicted molar refractivity (Wildman–Crippen MR) is 106 cm³/mol. The number of pyridine rings is 1. The Labute approximate surface area is 164 Å². The number of hydrogen-bond acceptors (Lipinski definition) is 5. The summed E-state index contributed by atoms with van der Waals surface area (Å²) in [4.78, 5) is 19.5. The number of nitrogens with zero attached hydrogens (tertiary/aromatic N) is 4. The van der Waals surface area contributed by atoms with Crippen molar-refractivity contribution in [3.63, 3.8) is 0 Å². The zero-order valence-corrected chi connectivity index (χ0v) is 15.8. The number of piperidine rings is 1. The number of hydrogen-bond donors (Lipinski definition) is 0. The van der Waals surface area contributed by atoms with E-state index in [1.807, 2.05) is 53.6 Å². The number of benzene rings is 1. The van der Waals surface area contributed by atoms with Crippen LogP contribution in [0.25, 0.3) is 11.3 Å². The Hall–Kier alpha value is -3.28. The Bertz CT molecular complexity index is 944. The Balaban J connectivity index is 1.61. The first kappa shape index (κ1) is 18.1. The van der Waals surface area contributed by atoms with Gasteiger partial charge in [0.15, 0.2) is 0 Å². The number of aromatic nitrogens is 3. The summed E-state index contributed by atoms with van der Waals surface area (Å²) in [5.74, 6) is 0.500. The maximum absolute atomic E-state index is 13.3. The van der Waals surface area contributed by atoms with Gasteiger partial charge in [-0.2, -0.15) is 0 Å². The molecule has 0 unspecified atom stereocenters. The molecule has 1 fully saturated rings. The highest BCUT2D eigenvalue weighted by molar-refractivity contribution is 5.95. The van der Waals surface area contributed by atoms with Gasteiger partial charge in [-0.05, 0) is 49.1 Å². The lowest BCUT2D eigenvalue weighted by atomic mass is 9.95. The molecule has 2 aromatic heterocycles. The van der Waals surface area contributed by atoms with E-state index in [0.29, 0.717) is 17.1 Å². The normalized spacial score (nSPS) is 16.6. The first-order valence-corrected chi connectivity index (χ1v) is 9.45. The van der Waals surface area contributed by atoms with Gasteiger partial charge in [0.05, 0.1) is 18.8 Å². The van der Waals surface area contributed by atoms with Crippen molar-refractivity contribution in [2.24, 2.45) is 0 Å². The second-order valence-corrected chi connectivity index (χ2v) is 6.84. The Morgan fingerprint density at radius 1 is 1.11 bits per heavy atom. The molecule has 0 radical (unpaired) electrons. The van der Waals surface area contributed by atoms with Gasteiger partial charge in [-0.15, -0.1) is 10.2 Å². The molecule has 0 N–H and O–H groups in total. The van der Waals surface area contributed by atoms with Crippen LogP contribution in [0.4, 0.5) is 0 Å². The first-order chi connectivity index (χ1) is 13.8. The van der Waals surface area contributed by atoms with Crippen molar-refractivity contribution < 1.29 is 9.53 Å². The zero-order valence-electron chi connectivity index (χ0n) is 15.8. The maximum atomic E-state index is 13.3. The summed E-state index contributed by atoms with van der Waals surface area (Å²) in [5, 5.41) is 8.20. The molecule has 28 heavy (non-hydrogen) atoms. The largest absolute Gasteiger partial charge is 0.480 e. The van der Waals surface area contributed by atoms with Gasteiger partial charge in [0.25, 0.3) is 5.91 Å². The van der Waals surface area contributed by atoms with Gasteiger partial charge in [-0.25, -0.2) is 0 Å².